The van der Waals surface area contributed by atoms with Crippen LogP contribution in [0.3, 0.4) is 0 Å². The Kier molecular flexibility index (Phi) is 7.11. The molecule has 0 aromatic heterocycles. The summed E-state index contributed by atoms with van der Waals surface area (Å²) in [6.07, 6.45) is 4.80. The Morgan fingerprint density at radius 3 is 2.59 bits per heavy atom. The number of hydroxylamine groups is 1. The number of hydrogen-bond acceptors (Lipinski definition) is 6. The van der Waals surface area contributed by atoms with Crippen molar-refractivity contribution >= 4 is 21.9 Å². The monoisotopic (exact) mass is 396 g/mol. The standard InChI is InChI=1S/C18H24N2O6S/c1-4-20(15-9-5-6-10-15)17(21)13-26-18(22)14-8-7-11-16(12-14)27(23,24)19(2)25-3/h7-9,11-12H,4-6,10,13H2,1-3H3. The first kappa shape index (κ1) is 21.1. The minimum absolute atomic E-state index is 0.0384. The van der Waals surface area contributed by atoms with E-state index in [0.717, 1.165) is 25.0 Å². The summed E-state index contributed by atoms with van der Waals surface area (Å²) < 4.78 is 30.3. The molecule has 0 spiro atoms. The lowest BCUT2D eigenvalue weighted by Crippen LogP contribution is -2.33. The summed E-state index contributed by atoms with van der Waals surface area (Å²) in [4.78, 5) is 30.8. The Morgan fingerprint density at radius 1 is 1.26 bits per heavy atom. The van der Waals surface area contributed by atoms with E-state index in [0.29, 0.717) is 11.0 Å². The van der Waals surface area contributed by atoms with Crippen LogP contribution in [0.2, 0.25) is 0 Å². The van der Waals surface area contributed by atoms with Crippen molar-refractivity contribution in [1.82, 2.24) is 9.37 Å². The van der Waals surface area contributed by atoms with Crippen molar-refractivity contribution in [3.63, 3.8) is 0 Å². The molecule has 9 heteroatoms. The van der Waals surface area contributed by atoms with Gasteiger partial charge < -0.3 is 9.64 Å². The van der Waals surface area contributed by atoms with Crippen molar-refractivity contribution in [2.75, 3.05) is 27.3 Å². The van der Waals surface area contributed by atoms with Gasteiger partial charge in [-0.1, -0.05) is 16.6 Å². The number of nitrogens with zero attached hydrogens (tertiary/aromatic N) is 2. The van der Waals surface area contributed by atoms with Crippen LogP contribution in [-0.4, -0.2) is 57.0 Å². The average Bonchev–Trinajstić information content (AvgIpc) is 3.20. The molecule has 0 heterocycles. The highest BCUT2D eigenvalue weighted by molar-refractivity contribution is 7.89. The van der Waals surface area contributed by atoms with Crippen LogP contribution >= 0.6 is 0 Å². The maximum absolute atomic E-state index is 12.3. The normalized spacial score (nSPS) is 14.1. The molecule has 148 valence electrons. The molecule has 1 aromatic rings. The van der Waals surface area contributed by atoms with Crippen LogP contribution in [0.4, 0.5) is 0 Å². The zero-order chi connectivity index (χ0) is 20.0. The van der Waals surface area contributed by atoms with Crippen LogP contribution < -0.4 is 0 Å². The maximum Gasteiger partial charge on any atom is 0.338 e. The van der Waals surface area contributed by atoms with Crippen molar-refractivity contribution in [2.45, 2.75) is 31.1 Å². The summed E-state index contributed by atoms with van der Waals surface area (Å²) in [5.74, 6) is -1.07. The van der Waals surface area contributed by atoms with Gasteiger partial charge in [0.2, 0.25) is 0 Å². The summed E-state index contributed by atoms with van der Waals surface area (Å²) in [7, 11) is -1.42. The lowest BCUT2D eigenvalue weighted by Gasteiger charge is -2.22. The first-order valence-electron chi connectivity index (χ1n) is 8.61. The molecule has 0 unspecified atom stereocenters. The molecule has 0 aliphatic heterocycles. The molecule has 0 atom stereocenters. The fraction of sp³-hybridized carbons (Fsp3) is 0.444. The fourth-order valence-electron chi connectivity index (χ4n) is 2.76. The Balaban J connectivity index is 2.06. The smallest absolute Gasteiger partial charge is 0.338 e. The SMILES string of the molecule is CCN(C(=O)COC(=O)c1cccc(S(=O)(=O)N(C)OC)c1)C1=CCCC1. The van der Waals surface area contributed by atoms with E-state index in [1.54, 1.807) is 4.90 Å². The Morgan fingerprint density at radius 2 is 2.00 bits per heavy atom. The third kappa shape index (κ3) is 4.94. The number of amides is 1. The quantitative estimate of drug-likeness (QED) is 0.492. The molecule has 0 fully saturated rings. The minimum Gasteiger partial charge on any atom is -0.452 e. The number of likely N-dealkylation sites (N-methyl/N-ethyl adjacent to an activating group) is 1. The number of ether oxygens (including phenoxy) is 1. The third-order valence-electron chi connectivity index (χ3n) is 4.27. The summed E-state index contributed by atoms with van der Waals surface area (Å²) >= 11 is 0. The van der Waals surface area contributed by atoms with Gasteiger partial charge in [-0.3, -0.25) is 9.63 Å². The third-order valence-corrected chi connectivity index (χ3v) is 5.95. The highest BCUT2D eigenvalue weighted by Crippen LogP contribution is 2.21. The maximum atomic E-state index is 12.3. The lowest BCUT2D eigenvalue weighted by molar-refractivity contribution is -0.132. The van der Waals surface area contributed by atoms with E-state index in [4.69, 9.17) is 9.57 Å². The van der Waals surface area contributed by atoms with Gasteiger partial charge in [-0.2, -0.15) is 0 Å². The summed E-state index contributed by atoms with van der Waals surface area (Å²) in [6.45, 7) is 1.96. The Bertz CT molecular complexity index is 834. The zero-order valence-corrected chi connectivity index (χ0v) is 16.5. The molecular formula is C18H24N2O6S. The molecular weight excluding hydrogens is 372 g/mol. The average molecular weight is 396 g/mol. The molecule has 2 rings (SSSR count). The fourth-order valence-corrected chi connectivity index (χ4v) is 3.78. The van der Waals surface area contributed by atoms with Gasteiger partial charge in [0.15, 0.2) is 6.61 Å². The van der Waals surface area contributed by atoms with E-state index in [9.17, 15) is 18.0 Å². The second-order valence-corrected chi connectivity index (χ2v) is 7.86. The van der Waals surface area contributed by atoms with Gasteiger partial charge in [-0.05, 0) is 44.4 Å². The molecule has 1 amide bonds. The largest absolute Gasteiger partial charge is 0.452 e. The highest BCUT2D eigenvalue weighted by Gasteiger charge is 2.23. The molecule has 0 N–H and O–H groups in total. The van der Waals surface area contributed by atoms with Crippen LogP contribution in [0.15, 0.2) is 40.9 Å². The van der Waals surface area contributed by atoms with Crippen molar-refractivity contribution in [1.29, 1.82) is 0 Å². The van der Waals surface area contributed by atoms with E-state index in [2.05, 4.69) is 0 Å². The van der Waals surface area contributed by atoms with Gasteiger partial charge in [0.05, 0.1) is 17.6 Å². The molecule has 1 aliphatic rings. The second-order valence-electron chi connectivity index (χ2n) is 5.93. The predicted molar refractivity (Wildman–Crippen MR) is 98.0 cm³/mol. The molecule has 0 bridgehead atoms. The van der Waals surface area contributed by atoms with Crippen LogP contribution in [0.1, 0.15) is 36.5 Å². The molecule has 0 saturated heterocycles. The number of esters is 1. The molecule has 0 saturated carbocycles. The van der Waals surface area contributed by atoms with Gasteiger partial charge in [0.25, 0.3) is 15.9 Å². The van der Waals surface area contributed by atoms with Gasteiger partial charge in [-0.25, -0.2) is 13.2 Å². The first-order chi connectivity index (χ1) is 12.8. The van der Waals surface area contributed by atoms with Crippen LogP contribution in [0.25, 0.3) is 0 Å². The second kappa shape index (κ2) is 9.12. The molecule has 1 aromatic carbocycles. The predicted octanol–water partition coefficient (Wildman–Crippen LogP) is 1.94. The molecule has 27 heavy (non-hydrogen) atoms. The number of allylic oxidation sites excluding steroid dienone is 2. The van der Waals surface area contributed by atoms with Crippen molar-refractivity contribution in [3.05, 3.63) is 41.6 Å². The van der Waals surface area contributed by atoms with Gasteiger partial charge in [0.1, 0.15) is 0 Å². The number of hydrogen-bond donors (Lipinski definition) is 0. The summed E-state index contributed by atoms with van der Waals surface area (Å²) in [5, 5.41) is 0. The number of carbonyl (C=O) groups excluding carboxylic acids is 2. The van der Waals surface area contributed by atoms with E-state index >= 15 is 0 Å². The number of carbonyl (C=O) groups is 2. The van der Waals surface area contributed by atoms with Gasteiger partial charge >= 0.3 is 5.97 Å². The number of sulfonamides is 1. The first-order valence-corrected chi connectivity index (χ1v) is 10.0. The molecule has 8 nitrogen and oxygen atoms in total. The van der Waals surface area contributed by atoms with E-state index in [-0.39, 0.29) is 16.4 Å². The lowest BCUT2D eigenvalue weighted by atomic mass is 10.2. The van der Waals surface area contributed by atoms with Crippen LogP contribution in [-0.2, 0) is 24.4 Å². The Labute approximate surface area is 159 Å². The van der Waals surface area contributed by atoms with Crippen LogP contribution in [0.5, 0.6) is 0 Å². The van der Waals surface area contributed by atoms with E-state index in [1.165, 1.54) is 38.4 Å². The van der Waals surface area contributed by atoms with Gasteiger partial charge in [-0.15, -0.1) is 0 Å². The molecule has 1 aliphatic carbocycles. The number of rotatable bonds is 8. The zero-order valence-electron chi connectivity index (χ0n) is 15.7. The highest BCUT2D eigenvalue weighted by atomic mass is 32.2. The minimum atomic E-state index is -3.88. The number of benzene rings is 1. The summed E-state index contributed by atoms with van der Waals surface area (Å²) in [6, 6.07) is 5.39. The summed E-state index contributed by atoms with van der Waals surface area (Å²) in [5.41, 5.74) is 0.991. The van der Waals surface area contributed by atoms with Crippen molar-refractivity contribution in [3.8, 4) is 0 Å². The topological polar surface area (TPSA) is 93.2 Å². The van der Waals surface area contributed by atoms with Crippen molar-refractivity contribution in [2.24, 2.45) is 0 Å². The van der Waals surface area contributed by atoms with Gasteiger partial charge in [0, 0.05) is 19.3 Å². The van der Waals surface area contributed by atoms with Crippen molar-refractivity contribution < 1.29 is 27.6 Å². The molecule has 0 radical (unpaired) electrons. The van der Waals surface area contributed by atoms with E-state index < -0.39 is 22.6 Å². The van der Waals surface area contributed by atoms with Crippen LogP contribution in [0, 0.1) is 0 Å². The Hall–Kier alpha value is -2.23. The van der Waals surface area contributed by atoms with E-state index in [1.807, 2.05) is 13.0 Å².